The number of amides is 1. The van der Waals surface area contributed by atoms with Crippen LogP contribution in [-0.2, 0) is 4.79 Å². The highest BCUT2D eigenvalue weighted by Gasteiger charge is 2.49. The van der Waals surface area contributed by atoms with E-state index < -0.39 is 47.9 Å². The van der Waals surface area contributed by atoms with Gasteiger partial charge in [-0.1, -0.05) is 17.7 Å². The van der Waals surface area contributed by atoms with E-state index in [4.69, 9.17) is 26.8 Å². The molecule has 4 aromatic rings. The molecule has 17 heteroatoms. The molecule has 1 amide bonds. The number of halogens is 6. The summed E-state index contributed by atoms with van der Waals surface area (Å²) < 4.78 is 86.8. The summed E-state index contributed by atoms with van der Waals surface area (Å²) in [6.07, 6.45) is -1.83. The third-order valence-electron chi connectivity index (χ3n) is 9.28. The first kappa shape index (κ1) is 32.4. The topological polar surface area (TPSA) is 130 Å². The number of thiophene rings is 1. The van der Waals surface area contributed by atoms with Crippen LogP contribution in [0.4, 0.5) is 32.8 Å². The van der Waals surface area contributed by atoms with Crippen molar-refractivity contribution in [3.63, 3.8) is 0 Å². The van der Waals surface area contributed by atoms with Gasteiger partial charge in [0.1, 0.15) is 47.6 Å². The van der Waals surface area contributed by atoms with Crippen LogP contribution in [0.25, 0.3) is 32.1 Å². The Kier molecular flexibility index (Phi) is 8.33. The monoisotopic (exact) mass is 707 g/mol. The standard InChI is InChI=1S/C31H27ClF5N7O3S/c32-23-21(16-2-3-18(34)27-20(16)17(7-38)28(39)48-27)24(37)25-22-26(23)46-11-15(8-40-13-45)44(10-19(35)36)29(22)42-30(41-25)47-12-31-4-1-5-43(31)9-14(33)6-31/h2-3,13-15,19H,1,4-6,8-12,39H2,(H,40,45)/t14-,15-,31+/m1/s1. The molecule has 2 aromatic heterocycles. The molecule has 3 aliphatic heterocycles. The second-order valence-electron chi connectivity index (χ2n) is 12.0. The summed E-state index contributed by atoms with van der Waals surface area (Å²) in [5, 5.41) is 12.0. The molecule has 2 fully saturated rings. The smallest absolute Gasteiger partial charge is 0.319 e. The van der Waals surface area contributed by atoms with Crippen LogP contribution in [0.5, 0.6) is 11.8 Å². The number of nitrogen functional groups attached to an aromatic ring is 1. The zero-order chi connectivity index (χ0) is 33.9. The summed E-state index contributed by atoms with van der Waals surface area (Å²) in [5.41, 5.74) is 4.65. The highest BCUT2D eigenvalue weighted by atomic mass is 35.5. The zero-order valence-corrected chi connectivity index (χ0v) is 26.6. The summed E-state index contributed by atoms with van der Waals surface area (Å²) in [6, 6.07) is 3.01. The van der Waals surface area contributed by atoms with Gasteiger partial charge in [-0.3, -0.25) is 9.69 Å². The predicted octanol–water partition coefficient (Wildman–Crippen LogP) is 5.43. The van der Waals surface area contributed by atoms with Gasteiger partial charge in [0.15, 0.2) is 11.6 Å². The van der Waals surface area contributed by atoms with Crippen molar-refractivity contribution in [3.8, 4) is 29.0 Å². The van der Waals surface area contributed by atoms with E-state index in [1.807, 2.05) is 11.0 Å². The van der Waals surface area contributed by atoms with E-state index in [0.717, 1.165) is 23.8 Å². The molecule has 0 bridgehead atoms. The van der Waals surface area contributed by atoms with Crippen LogP contribution in [0.3, 0.4) is 0 Å². The first-order valence-electron chi connectivity index (χ1n) is 15.1. The molecule has 2 saturated heterocycles. The number of benzene rings is 2. The molecule has 2 aromatic carbocycles. The molecule has 0 saturated carbocycles. The number of nitrogens with two attached hydrogens (primary N) is 1. The Labute approximate surface area is 279 Å². The van der Waals surface area contributed by atoms with E-state index in [1.54, 1.807) is 0 Å². The Hall–Kier alpha value is -4.20. The fourth-order valence-corrected chi connectivity index (χ4v) is 8.50. The molecule has 48 heavy (non-hydrogen) atoms. The average Bonchev–Trinajstić information content (AvgIpc) is 3.67. The van der Waals surface area contributed by atoms with Crippen molar-refractivity contribution in [2.75, 3.05) is 50.0 Å². The number of carbonyl (C=O) groups is 1. The molecule has 0 unspecified atom stereocenters. The number of hydrogen-bond donors (Lipinski definition) is 2. The number of rotatable bonds is 9. The van der Waals surface area contributed by atoms with E-state index in [1.165, 1.54) is 11.0 Å². The normalized spacial score (nSPS) is 22.2. The minimum absolute atomic E-state index is 0.00233. The molecule has 3 atom stereocenters. The lowest BCUT2D eigenvalue weighted by molar-refractivity contribution is -0.109. The van der Waals surface area contributed by atoms with Crippen molar-refractivity contribution in [1.29, 1.82) is 5.26 Å². The van der Waals surface area contributed by atoms with Crippen LogP contribution in [0.1, 0.15) is 24.8 Å². The van der Waals surface area contributed by atoms with E-state index in [0.29, 0.717) is 19.4 Å². The lowest BCUT2D eigenvalue weighted by Gasteiger charge is -2.32. The molecule has 0 aliphatic carbocycles. The molecule has 252 valence electrons. The SMILES string of the molecule is N#Cc1c(N)sc2c(F)ccc(-c3c(Cl)c4c5c(nc(OC[C@@]67CCCN6C[C@H](F)C7)nc5c3F)N(CC(F)F)[C@H](CNC=O)CO4)c12. The van der Waals surface area contributed by atoms with Gasteiger partial charge in [-0.25, -0.2) is 22.0 Å². The number of anilines is 2. The van der Waals surface area contributed by atoms with Crippen LogP contribution >= 0.6 is 22.9 Å². The van der Waals surface area contributed by atoms with Crippen LogP contribution in [0.2, 0.25) is 5.02 Å². The van der Waals surface area contributed by atoms with Crippen molar-refractivity contribution < 1.29 is 36.2 Å². The second-order valence-corrected chi connectivity index (χ2v) is 13.5. The maximum Gasteiger partial charge on any atom is 0.319 e. The average molecular weight is 708 g/mol. The van der Waals surface area contributed by atoms with Gasteiger partial charge < -0.3 is 25.4 Å². The number of hydrogen-bond acceptors (Lipinski definition) is 10. The fraction of sp³-hybridized carbons (Fsp3) is 0.419. The highest BCUT2D eigenvalue weighted by molar-refractivity contribution is 7.23. The first-order valence-corrected chi connectivity index (χ1v) is 16.3. The summed E-state index contributed by atoms with van der Waals surface area (Å²) in [7, 11) is 0. The third kappa shape index (κ3) is 5.19. The number of nitrogens with zero attached hydrogens (tertiary/aromatic N) is 5. The molecule has 3 N–H and O–H groups in total. The predicted molar refractivity (Wildman–Crippen MR) is 170 cm³/mol. The molecule has 3 aliphatic rings. The van der Waals surface area contributed by atoms with Gasteiger partial charge in [0.05, 0.1) is 38.8 Å². The van der Waals surface area contributed by atoms with Gasteiger partial charge in [0.25, 0.3) is 6.43 Å². The summed E-state index contributed by atoms with van der Waals surface area (Å²) >= 11 is 7.70. The first-order chi connectivity index (χ1) is 23.1. The van der Waals surface area contributed by atoms with Crippen molar-refractivity contribution in [2.24, 2.45) is 0 Å². The molecule has 7 rings (SSSR count). The Morgan fingerprint density at radius 2 is 2.12 bits per heavy atom. The quantitative estimate of drug-likeness (QED) is 0.173. The minimum Gasteiger partial charge on any atom is -0.489 e. The fourth-order valence-electron chi connectivity index (χ4n) is 7.22. The van der Waals surface area contributed by atoms with E-state index in [-0.39, 0.29) is 92.5 Å². The number of fused-ring (bicyclic) bond motifs is 2. The zero-order valence-electron chi connectivity index (χ0n) is 25.0. The Bertz CT molecular complexity index is 1990. The van der Waals surface area contributed by atoms with Crippen LogP contribution in [0, 0.1) is 23.0 Å². The van der Waals surface area contributed by atoms with Gasteiger partial charge >= 0.3 is 6.01 Å². The van der Waals surface area contributed by atoms with Crippen molar-refractivity contribution >= 4 is 61.2 Å². The highest BCUT2D eigenvalue weighted by Crippen LogP contribution is 2.51. The van der Waals surface area contributed by atoms with E-state index >= 15 is 4.39 Å². The van der Waals surface area contributed by atoms with Gasteiger partial charge in [-0.2, -0.15) is 15.2 Å². The Balaban J connectivity index is 1.47. The molecule has 10 nitrogen and oxygen atoms in total. The maximum atomic E-state index is 17.0. The van der Waals surface area contributed by atoms with Crippen molar-refractivity contribution in [3.05, 3.63) is 34.4 Å². The van der Waals surface area contributed by atoms with E-state index in [9.17, 15) is 27.6 Å². The summed E-state index contributed by atoms with van der Waals surface area (Å²) in [5.74, 6) is -2.04. The van der Waals surface area contributed by atoms with Crippen LogP contribution in [0.15, 0.2) is 12.1 Å². The van der Waals surface area contributed by atoms with Gasteiger partial charge in [-0.05, 0) is 31.0 Å². The van der Waals surface area contributed by atoms with Gasteiger partial charge in [0.2, 0.25) is 6.41 Å². The number of aromatic nitrogens is 2. The third-order valence-corrected chi connectivity index (χ3v) is 10.7. The van der Waals surface area contributed by atoms with Gasteiger partial charge in [-0.15, -0.1) is 11.3 Å². The molecular formula is C31H27ClF5N7O3S. The molecule has 5 heterocycles. The number of ether oxygens (including phenoxy) is 2. The van der Waals surface area contributed by atoms with Gasteiger partial charge in [0, 0.05) is 30.5 Å². The largest absolute Gasteiger partial charge is 0.489 e. The number of nitrogens with one attached hydrogen (secondary N) is 1. The number of alkyl halides is 3. The lowest BCUT2D eigenvalue weighted by Crippen LogP contribution is -2.47. The molecular weight excluding hydrogens is 681 g/mol. The van der Waals surface area contributed by atoms with Crippen molar-refractivity contribution in [2.45, 2.75) is 43.4 Å². The van der Waals surface area contributed by atoms with Crippen molar-refractivity contribution in [1.82, 2.24) is 20.2 Å². The number of nitriles is 1. The maximum absolute atomic E-state index is 17.0. The summed E-state index contributed by atoms with van der Waals surface area (Å²) in [6.45, 7) is -0.409. The Morgan fingerprint density at radius 3 is 2.88 bits per heavy atom. The Morgan fingerprint density at radius 1 is 1.31 bits per heavy atom. The number of carbonyl (C=O) groups excluding carboxylic acids is 1. The second kappa shape index (κ2) is 12.4. The lowest BCUT2D eigenvalue weighted by atomic mass is 9.95. The van der Waals surface area contributed by atoms with Crippen LogP contribution in [-0.4, -0.2) is 84.8 Å². The van der Waals surface area contributed by atoms with Crippen LogP contribution < -0.4 is 25.4 Å². The molecule has 0 spiro atoms. The summed E-state index contributed by atoms with van der Waals surface area (Å²) in [4.78, 5) is 23.2. The minimum atomic E-state index is -2.88. The van der Waals surface area contributed by atoms with E-state index in [2.05, 4.69) is 15.3 Å². The molecule has 0 radical (unpaired) electrons.